The number of rotatable bonds is 5. The molecule has 1 atom stereocenters. The van der Waals surface area contributed by atoms with E-state index in [4.69, 9.17) is 0 Å². The molecule has 7 nitrogen and oxygen atoms in total. The molecule has 0 spiro atoms. The first kappa shape index (κ1) is 23.3. The van der Waals surface area contributed by atoms with Crippen LogP contribution in [0.3, 0.4) is 0 Å². The highest BCUT2D eigenvalue weighted by atomic mass is 16.2. The molecule has 1 aliphatic rings. The number of carbonyl (C=O) groups is 3. The van der Waals surface area contributed by atoms with Crippen LogP contribution in [0.5, 0.6) is 0 Å². The summed E-state index contributed by atoms with van der Waals surface area (Å²) in [5, 5.41) is 7.92. The summed E-state index contributed by atoms with van der Waals surface area (Å²) in [6, 6.07) is 20.8. The lowest BCUT2D eigenvalue weighted by Crippen LogP contribution is -2.56. The maximum Gasteiger partial charge on any atom is 0.321 e. The zero-order chi connectivity index (χ0) is 24.1. The van der Waals surface area contributed by atoms with Crippen molar-refractivity contribution >= 4 is 34.3 Å². The second kappa shape index (κ2) is 10.4. The Labute approximate surface area is 199 Å². The highest BCUT2D eigenvalue weighted by Gasteiger charge is 2.30. The Bertz CT molecular complexity index is 1180. The first-order chi connectivity index (χ1) is 16.4. The van der Waals surface area contributed by atoms with Crippen LogP contribution in [-0.4, -0.2) is 59.9 Å². The predicted molar refractivity (Wildman–Crippen MR) is 134 cm³/mol. The molecule has 4 rings (SSSR count). The smallest absolute Gasteiger partial charge is 0.321 e. The van der Waals surface area contributed by atoms with Gasteiger partial charge in [0.2, 0.25) is 11.8 Å². The Morgan fingerprint density at radius 2 is 1.50 bits per heavy atom. The summed E-state index contributed by atoms with van der Waals surface area (Å²) >= 11 is 0. The average Bonchev–Trinajstić information content (AvgIpc) is 2.84. The summed E-state index contributed by atoms with van der Waals surface area (Å²) in [5.41, 5.74) is 2.89. The summed E-state index contributed by atoms with van der Waals surface area (Å²) in [7, 11) is 0. The van der Waals surface area contributed by atoms with Gasteiger partial charge in [-0.2, -0.15) is 0 Å². The molecule has 0 aliphatic carbocycles. The predicted octanol–water partition coefficient (Wildman–Crippen LogP) is 3.57. The molecule has 34 heavy (non-hydrogen) atoms. The first-order valence-electron chi connectivity index (χ1n) is 11.6. The molecule has 2 N–H and O–H groups in total. The van der Waals surface area contributed by atoms with Crippen molar-refractivity contribution in [1.29, 1.82) is 0 Å². The van der Waals surface area contributed by atoms with Crippen LogP contribution in [0.4, 0.5) is 10.5 Å². The van der Waals surface area contributed by atoms with E-state index in [1.165, 1.54) is 6.92 Å². The SMILES string of the molecule is CC(=O)N[C@@H](Cc1cccc2ccccc12)C(=O)N1CCN(C(=O)Nc2ccc(C)cc2)CC1. The lowest BCUT2D eigenvalue weighted by molar-refractivity contribution is -0.137. The summed E-state index contributed by atoms with van der Waals surface area (Å²) in [5.74, 6) is -0.364. The van der Waals surface area contributed by atoms with Crippen molar-refractivity contribution in [2.75, 3.05) is 31.5 Å². The van der Waals surface area contributed by atoms with Gasteiger partial charge in [-0.25, -0.2) is 4.79 Å². The Balaban J connectivity index is 1.40. The number of carbonyl (C=O) groups excluding carboxylic acids is 3. The van der Waals surface area contributed by atoms with E-state index in [-0.39, 0.29) is 17.8 Å². The highest BCUT2D eigenvalue weighted by Crippen LogP contribution is 2.21. The van der Waals surface area contributed by atoms with E-state index in [0.29, 0.717) is 32.6 Å². The molecule has 0 aromatic heterocycles. The van der Waals surface area contributed by atoms with Gasteiger partial charge in [-0.1, -0.05) is 60.2 Å². The Morgan fingerprint density at radius 3 is 2.21 bits per heavy atom. The zero-order valence-corrected chi connectivity index (χ0v) is 19.6. The molecule has 1 saturated heterocycles. The third-order valence-electron chi connectivity index (χ3n) is 6.16. The molecule has 0 radical (unpaired) electrons. The summed E-state index contributed by atoms with van der Waals surface area (Å²) < 4.78 is 0. The number of nitrogens with zero attached hydrogens (tertiary/aromatic N) is 2. The normalized spacial score (nSPS) is 14.5. The van der Waals surface area contributed by atoms with Gasteiger partial charge in [0.25, 0.3) is 0 Å². The Kier molecular flexibility index (Phi) is 7.11. The molecule has 1 fully saturated rings. The topological polar surface area (TPSA) is 81.8 Å². The van der Waals surface area contributed by atoms with Crippen LogP contribution in [0.1, 0.15) is 18.1 Å². The highest BCUT2D eigenvalue weighted by molar-refractivity contribution is 5.91. The van der Waals surface area contributed by atoms with Crippen molar-refractivity contribution in [3.63, 3.8) is 0 Å². The van der Waals surface area contributed by atoms with E-state index in [1.54, 1.807) is 9.80 Å². The molecular weight excluding hydrogens is 428 g/mol. The second-order valence-corrected chi connectivity index (χ2v) is 8.70. The van der Waals surface area contributed by atoms with E-state index in [2.05, 4.69) is 10.6 Å². The lowest BCUT2D eigenvalue weighted by atomic mass is 9.98. The number of benzene rings is 3. The molecule has 1 aliphatic heterocycles. The van der Waals surface area contributed by atoms with Crippen LogP contribution < -0.4 is 10.6 Å². The van der Waals surface area contributed by atoms with Gasteiger partial charge in [0.15, 0.2) is 0 Å². The monoisotopic (exact) mass is 458 g/mol. The molecule has 0 saturated carbocycles. The van der Waals surface area contributed by atoms with Gasteiger partial charge < -0.3 is 20.4 Å². The average molecular weight is 459 g/mol. The molecule has 0 bridgehead atoms. The van der Waals surface area contributed by atoms with Gasteiger partial charge in [-0.05, 0) is 35.4 Å². The van der Waals surface area contributed by atoms with E-state index < -0.39 is 6.04 Å². The maximum absolute atomic E-state index is 13.4. The molecule has 3 aromatic rings. The van der Waals surface area contributed by atoms with Gasteiger partial charge in [0.1, 0.15) is 6.04 Å². The largest absolute Gasteiger partial charge is 0.344 e. The van der Waals surface area contributed by atoms with E-state index in [9.17, 15) is 14.4 Å². The Hall–Kier alpha value is -3.87. The fourth-order valence-corrected chi connectivity index (χ4v) is 4.33. The molecule has 7 heteroatoms. The van der Waals surface area contributed by atoms with Crippen molar-refractivity contribution in [2.45, 2.75) is 26.3 Å². The first-order valence-corrected chi connectivity index (χ1v) is 11.6. The van der Waals surface area contributed by atoms with Crippen molar-refractivity contribution in [2.24, 2.45) is 0 Å². The van der Waals surface area contributed by atoms with E-state index >= 15 is 0 Å². The number of nitrogens with one attached hydrogen (secondary N) is 2. The maximum atomic E-state index is 13.4. The molecule has 3 aromatic carbocycles. The number of hydrogen-bond acceptors (Lipinski definition) is 3. The second-order valence-electron chi connectivity index (χ2n) is 8.70. The van der Waals surface area contributed by atoms with Gasteiger partial charge >= 0.3 is 6.03 Å². The van der Waals surface area contributed by atoms with Crippen molar-refractivity contribution in [1.82, 2.24) is 15.1 Å². The third kappa shape index (κ3) is 5.54. The van der Waals surface area contributed by atoms with Crippen molar-refractivity contribution < 1.29 is 14.4 Å². The summed E-state index contributed by atoms with van der Waals surface area (Å²) in [4.78, 5) is 41.3. The van der Waals surface area contributed by atoms with Crippen molar-refractivity contribution in [3.8, 4) is 0 Å². The van der Waals surface area contributed by atoms with Crippen molar-refractivity contribution in [3.05, 3.63) is 77.9 Å². The van der Waals surface area contributed by atoms with Crippen LogP contribution in [0.2, 0.25) is 0 Å². The quantitative estimate of drug-likeness (QED) is 0.613. The number of piperazine rings is 1. The van der Waals surface area contributed by atoms with Crippen LogP contribution in [0, 0.1) is 6.92 Å². The van der Waals surface area contributed by atoms with E-state index in [1.807, 2.05) is 73.7 Å². The zero-order valence-electron chi connectivity index (χ0n) is 19.6. The number of urea groups is 1. The van der Waals surface area contributed by atoms with E-state index in [0.717, 1.165) is 27.6 Å². The minimum absolute atomic E-state index is 0.123. The molecule has 176 valence electrons. The number of aryl methyl sites for hydroxylation is 1. The fraction of sp³-hybridized carbons (Fsp3) is 0.296. The summed E-state index contributed by atoms with van der Waals surface area (Å²) in [6.07, 6.45) is 0.411. The lowest BCUT2D eigenvalue weighted by Gasteiger charge is -2.36. The molecule has 0 unspecified atom stereocenters. The minimum atomic E-state index is -0.656. The number of fused-ring (bicyclic) bond motifs is 1. The third-order valence-corrected chi connectivity index (χ3v) is 6.16. The fourth-order valence-electron chi connectivity index (χ4n) is 4.33. The van der Waals surface area contributed by atoms with Crippen LogP contribution >= 0.6 is 0 Å². The molecule has 4 amide bonds. The minimum Gasteiger partial charge on any atom is -0.344 e. The van der Waals surface area contributed by atoms with Crippen LogP contribution in [0.25, 0.3) is 10.8 Å². The molecular formula is C27H30N4O3. The standard InChI is InChI=1S/C27H30N4O3/c1-19-10-12-23(13-11-19)29-27(34)31-16-14-30(15-17-31)26(33)25(28-20(2)32)18-22-8-5-7-21-6-3-4-9-24(21)22/h3-13,25H,14-18H2,1-2H3,(H,28,32)(H,29,34)/t25-/m0/s1. The van der Waals surface area contributed by atoms with Gasteiger partial charge in [-0.3, -0.25) is 9.59 Å². The number of hydrogen-bond donors (Lipinski definition) is 2. The van der Waals surface area contributed by atoms with Gasteiger partial charge in [0.05, 0.1) is 0 Å². The van der Waals surface area contributed by atoms with Gasteiger partial charge in [-0.15, -0.1) is 0 Å². The summed E-state index contributed by atoms with van der Waals surface area (Å²) in [6.45, 7) is 5.14. The van der Waals surface area contributed by atoms with Crippen LogP contribution in [0.15, 0.2) is 66.7 Å². The number of amides is 4. The molecule has 1 heterocycles. The van der Waals surface area contributed by atoms with Gasteiger partial charge in [0, 0.05) is 45.2 Å². The number of anilines is 1. The van der Waals surface area contributed by atoms with Crippen LogP contribution in [-0.2, 0) is 16.0 Å². The Morgan fingerprint density at radius 1 is 0.853 bits per heavy atom.